The number of likely N-dealkylation sites (tertiary alicyclic amines) is 1. The van der Waals surface area contributed by atoms with Crippen LogP contribution < -0.4 is 4.72 Å². The fraction of sp³-hybridized carbons (Fsp3) is 0.273. The van der Waals surface area contributed by atoms with Gasteiger partial charge in [0.05, 0.1) is 4.90 Å². The first-order valence-electron chi connectivity index (χ1n) is 9.97. The Bertz CT molecular complexity index is 1150. The summed E-state index contributed by atoms with van der Waals surface area (Å²) >= 11 is 1.19. The number of halogens is 1. The van der Waals surface area contributed by atoms with Gasteiger partial charge < -0.3 is 4.90 Å². The van der Waals surface area contributed by atoms with Gasteiger partial charge in [-0.25, -0.2) is 17.8 Å². The molecule has 162 valence electrons. The van der Waals surface area contributed by atoms with E-state index in [1.165, 1.54) is 47.9 Å². The molecule has 9 heteroatoms. The summed E-state index contributed by atoms with van der Waals surface area (Å²) in [7, 11) is -3.76. The molecule has 1 aliphatic rings. The van der Waals surface area contributed by atoms with Gasteiger partial charge >= 0.3 is 0 Å². The zero-order valence-corrected chi connectivity index (χ0v) is 18.3. The van der Waals surface area contributed by atoms with E-state index in [1.54, 1.807) is 22.4 Å². The fourth-order valence-corrected chi connectivity index (χ4v) is 5.61. The number of carbonyl (C=O) groups is 1. The molecule has 0 radical (unpaired) electrons. The van der Waals surface area contributed by atoms with Crippen molar-refractivity contribution in [2.45, 2.75) is 24.2 Å². The molecule has 2 heterocycles. The third kappa shape index (κ3) is 5.29. The lowest BCUT2D eigenvalue weighted by molar-refractivity contribution is 0.0673. The number of aromatic nitrogens is 1. The van der Waals surface area contributed by atoms with E-state index in [0.29, 0.717) is 18.7 Å². The second kappa shape index (κ2) is 9.15. The second-order valence-corrected chi connectivity index (χ2v) is 10.1. The first-order valence-corrected chi connectivity index (χ1v) is 12.3. The van der Waals surface area contributed by atoms with Gasteiger partial charge in [0.15, 0.2) is 5.13 Å². The Labute approximate surface area is 184 Å². The van der Waals surface area contributed by atoms with Gasteiger partial charge in [0.2, 0.25) is 0 Å². The minimum atomic E-state index is -3.76. The van der Waals surface area contributed by atoms with Crippen LogP contribution in [0, 0.1) is 11.7 Å². The van der Waals surface area contributed by atoms with E-state index >= 15 is 0 Å². The molecule has 1 unspecified atom stereocenters. The molecule has 1 N–H and O–H groups in total. The summed E-state index contributed by atoms with van der Waals surface area (Å²) in [5.41, 5.74) is 1.38. The Balaban J connectivity index is 1.41. The van der Waals surface area contributed by atoms with Crippen LogP contribution in [0.4, 0.5) is 9.52 Å². The summed E-state index contributed by atoms with van der Waals surface area (Å²) in [5.74, 6) is -0.108. The summed E-state index contributed by atoms with van der Waals surface area (Å²) in [6, 6.07) is 12.5. The largest absolute Gasteiger partial charge is 0.338 e. The monoisotopic (exact) mass is 459 g/mol. The van der Waals surface area contributed by atoms with Crippen LogP contribution in [0.1, 0.15) is 28.8 Å². The second-order valence-electron chi connectivity index (χ2n) is 7.56. The van der Waals surface area contributed by atoms with Crippen molar-refractivity contribution in [3.05, 3.63) is 77.1 Å². The number of anilines is 1. The Kier molecular flexibility index (Phi) is 6.33. The van der Waals surface area contributed by atoms with Gasteiger partial charge in [-0.1, -0.05) is 12.1 Å². The quantitative estimate of drug-likeness (QED) is 0.600. The molecule has 1 fully saturated rings. The van der Waals surface area contributed by atoms with Crippen LogP contribution in [0.5, 0.6) is 0 Å². The van der Waals surface area contributed by atoms with Crippen molar-refractivity contribution in [2.75, 3.05) is 17.8 Å². The van der Waals surface area contributed by atoms with E-state index in [-0.39, 0.29) is 27.7 Å². The van der Waals surface area contributed by atoms with Crippen molar-refractivity contribution >= 4 is 32.4 Å². The Morgan fingerprint density at radius 2 is 2.03 bits per heavy atom. The molecule has 2 aromatic carbocycles. The van der Waals surface area contributed by atoms with E-state index in [1.807, 2.05) is 6.07 Å². The average molecular weight is 460 g/mol. The molecule has 1 amide bonds. The molecular weight excluding hydrogens is 437 g/mol. The summed E-state index contributed by atoms with van der Waals surface area (Å²) in [4.78, 5) is 18.8. The van der Waals surface area contributed by atoms with E-state index < -0.39 is 10.0 Å². The van der Waals surface area contributed by atoms with Crippen LogP contribution in [0.25, 0.3) is 0 Å². The highest BCUT2D eigenvalue weighted by atomic mass is 32.2. The van der Waals surface area contributed by atoms with Crippen molar-refractivity contribution in [2.24, 2.45) is 5.92 Å². The SMILES string of the molecule is O=C(c1ccc(S(=O)(=O)Nc2nccs2)cc1)N1CCCC(Cc2cccc(F)c2)C1. The smallest absolute Gasteiger partial charge is 0.263 e. The van der Waals surface area contributed by atoms with E-state index in [4.69, 9.17) is 0 Å². The zero-order valence-electron chi connectivity index (χ0n) is 16.7. The third-order valence-electron chi connectivity index (χ3n) is 5.29. The summed E-state index contributed by atoms with van der Waals surface area (Å²) in [6.07, 6.45) is 4.11. The molecule has 0 aliphatic carbocycles. The molecule has 4 rings (SSSR count). The molecule has 6 nitrogen and oxygen atoms in total. The Morgan fingerprint density at radius 1 is 1.23 bits per heavy atom. The predicted octanol–water partition coefficient (Wildman–Crippen LogP) is 4.18. The number of rotatable bonds is 6. The zero-order chi connectivity index (χ0) is 21.8. The van der Waals surface area contributed by atoms with Crippen molar-refractivity contribution < 1.29 is 17.6 Å². The number of sulfonamides is 1. The van der Waals surface area contributed by atoms with Gasteiger partial charge in [0.25, 0.3) is 15.9 Å². The van der Waals surface area contributed by atoms with Gasteiger partial charge in [0.1, 0.15) is 5.82 Å². The molecule has 0 saturated carbocycles. The highest BCUT2D eigenvalue weighted by Gasteiger charge is 2.25. The van der Waals surface area contributed by atoms with Crippen LogP contribution in [0.3, 0.4) is 0 Å². The topological polar surface area (TPSA) is 79.4 Å². The normalized spacial score (nSPS) is 16.8. The standard InChI is InChI=1S/C22H22FN3O3S2/c23-19-5-1-3-16(14-19)13-17-4-2-11-26(15-17)21(27)18-6-8-20(9-7-18)31(28,29)25-22-24-10-12-30-22/h1,3,5-10,12,14,17H,2,4,11,13,15H2,(H,24,25). The number of nitrogens with one attached hydrogen (secondary N) is 1. The third-order valence-corrected chi connectivity index (χ3v) is 7.46. The van der Waals surface area contributed by atoms with Crippen LogP contribution in [-0.2, 0) is 16.4 Å². The number of piperidine rings is 1. The van der Waals surface area contributed by atoms with Crippen LogP contribution >= 0.6 is 11.3 Å². The Morgan fingerprint density at radius 3 is 2.74 bits per heavy atom. The van der Waals surface area contributed by atoms with Gasteiger partial charge in [-0.05, 0) is 67.1 Å². The first kappa shape index (κ1) is 21.5. The van der Waals surface area contributed by atoms with Crippen molar-refractivity contribution in [3.8, 4) is 0 Å². The number of amides is 1. The van der Waals surface area contributed by atoms with E-state index in [9.17, 15) is 17.6 Å². The van der Waals surface area contributed by atoms with Gasteiger partial charge in [0, 0.05) is 30.2 Å². The lowest BCUT2D eigenvalue weighted by Gasteiger charge is -2.33. The number of nitrogens with zero attached hydrogens (tertiary/aromatic N) is 2. The van der Waals surface area contributed by atoms with Gasteiger partial charge in [-0.15, -0.1) is 11.3 Å². The maximum absolute atomic E-state index is 13.5. The minimum Gasteiger partial charge on any atom is -0.338 e. The first-order chi connectivity index (χ1) is 14.9. The predicted molar refractivity (Wildman–Crippen MR) is 118 cm³/mol. The summed E-state index contributed by atoms with van der Waals surface area (Å²) < 4.78 is 40.8. The molecule has 1 atom stereocenters. The number of thiazole rings is 1. The summed E-state index contributed by atoms with van der Waals surface area (Å²) in [5, 5.41) is 1.97. The maximum Gasteiger partial charge on any atom is 0.263 e. The molecule has 0 bridgehead atoms. The van der Waals surface area contributed by atoms with Crippen LogP contribution in [-0.4, -0.2) is 37.3 Å². The van der Waals surface area contributed by atoms with E-state index in [2.05, 4.69) is 9.71 Å². The lowest BCUT2D eigenvalue weighted by Crippen LogP contribution is -2.40. The minimum absolute atomic E-state index is 0.0712. The van der Waals surface area contributed by atoms with Crippen molar-refractivity contribution in [1.82, 2.24) is 9.88 Å². The summed E-state index contributed by atoms with van der Waals surface area (Å²) in [6.45, 7) is 1.26. The molecule has 1 saturated heterocycles. The van der Waals surface area contributed by atoms with Gasteiger partial charge in [-0.2, -0.15) is 0 Å². The fourth-order valence-electron chi connectivity index (χ4n) is 3.82. The maximum atomic E-state index is 13.5. The number of benzene rings is 2. The molecule has 1 aromatic heterocycles. The van der Waals surface area contributed by atoms with Crippen molar-refractivity contribution in [3.63, 3.8) is 0 Å². The number of hydrogen-bond donors (Lipinski definition) is 1. The molecular formula is C22H22FN3O3S2. The highest BCUT2D eigenvalue weighted by molar-refractivity contribution is 7.93. The van der Waals surface area contributed by atoms with E-state index in [0.717, 1.165) is 24.8 Å². The van der Waals surface area contributed by atoms with Crippen molar-refractivity contribution in [1.29, 1.82) is 0 Å². The van der Waals surface area contributed by atoms with Gasteiger partial charge in [-0.3, -0.25) is 9.52 Å². The average Bonchev–Trinajstić information content (AvgIpc) is 3.26. The molecule has 1 aliphatic heterocycles. The number of hydrogen-bond acceptors (Lipinski definition) is 5. The molecule has 31 heavy (non-hydrogen) atoms. The number of carbonyl (C=O) groups excluding carboxylic acids is 1. The van der Waals surface area contributed by atoms with Crippen LogP contribution in [0.15, 0.2) is 65.0 Å². The van der Waals surface area contributed by atoms with Crippen LogP contribution in [0.2, 0.25) is 0 Å². The molecule has 3 aromatic rings. The molecule has 0 spiro atoms. The highest BCUT2D eigenvalue weighted by Crippen LogP contribution is 2.24. The Hall–Kier alpha value is -2.78. The lowest BCUT2D eigenvalue weighted by atomic mass is 9.91.